The van der Waals surface area contributed by atoms with E-state index >= 15 is 0 Å². The summed E-state index contributed by atoms with van der Waals surface area (Å²) < 4.78 is 29.0. The molecule has 1 aromatic carbocycles. The van der Waals surface area contributed by atoms with Crippen molar-refractivity contribution in [1.82, 2.24) is 20.2 Å². The van der Waals surface area contributed by atoms with Crippen molar-refractivity contribution >= 4 is 17.5 Å². The Morgan fingerprint density at radius 1 is 1.17 bits per heavy atom. The fourth-order valence-corrected chi connectivity index (χ4v) is 3.04. The van der Waals surface area contributed by atoms with E-state index in [1.165, 1.54) is 37.6 Å². The number of hydrogen-bond donors (Lipinski definition) is 1. The lowest BCUT2D eigenvalue weighted by Gasteiger charge is -2.29. The maximum atomic E-state index is 13.2. The average molecular weight is 416 g/mol. The third-order valence-electron chi connectivity index (χ3n) is 4.37. The Balaban J connectivity index is 2.01. The van der Waals surface area contributed by atoms with Crippen LogP contribution in [0.15, 0.2) is 54.3 Å². The third kappa shape index (κ3) is 4.54. The number of aromatic nitrogens is 2. The molecular weight excluding hydrogens is 398 g/mol. The number of fused-ring (bicyclic) bond motifs is 1. The molecule has 2 aromatic rings. The molecule has 1 aliphatic rings. The minimum Gasteiger partial charge on any atom is -0.374 e. The van der Waals surface area contributed by atoms with Crippen LogP contribution in [0.5, 0.6) is 0 Å². The van der Waals surface area contributed by atoms with Crippen LogP contribution in [0.25, 0.3) is 0 Å². The van der Waals surface area contributed by atoms with E-state index < -0.39 is 30.7 Å². The van der Waals surface area contributed by atoms with Crippen molar-refractivity contribution < 1.29 is 27.9 Å². The van der Waals surface area contributed by atoms with Gasteiger partial charge in [0.1, 0.15) is 11.4 Å². The molecule has 8 nitrogen and oxygen atoms in total. The highest BCUT2D eigenvalue weighted by Gasteiger charge is 2.36. The van der Waals surface area contributed by atoms with Gasteiger partial charge in [-0.1, -0.05) is 24.3 Å². The van der Waals surface area contributed by atoms with Crippen LogP contribution >= 0.6 is 0 Å². The van der Waals surface area contributed by atoms with Crippen LogP contribution in [0.2, 0.25) is 0 Å². The van der Waals surface area contributed by atoms with E-state index in [-0.39, 0.29) is 35.6 Å². The number of ether oxygens (including phenoxy) is 1. The molecule has 1 aromatic heterocycles. The van der Waals surface area contributed by atoms with Gasteiger partial charge in [-0.05, 0) is 0 Å². The van der Waals surface area contributed by atoms with E-state index in [0.717, 1.165) is 4.90 Å². The molecule has 0 atom stereocenters. The molecule has 0 saturated carbocycles. The second kappa shape index (κ2) is 9.31. The highest BCUT2D eigenvalue weighted by atomic mass is 19.3. The van der Waals surface area contributed by atoms with E-state index in [0.29, 0.717) is 5.69 Å². The Kier molecular flexibility index (Phi) is 6.58. The molecule has 1 heterocycles. The smallest absolute Gasteiger partial charge is 0.345 e. The van der Waals surface area contributed by atoms with Crippen LogP contribution in [0.1, 0.15) is 33.3 Å². The second-order valence-corrected chi connectivity index (χ2v) is 6.28. The van der Waals surface area contributed by atoms with E-state index in [1.807, 2.05) is 0 Å². The van der Waals surface area contributed by atoms with Gasteiger partial charge in [0.05, 0.1) is 25.0 Å². The maximum Gasteiger partial charge on any atom is 0.345 e. The molecule has 1 N–H and O–H groups in total. The molecule has 0 saturated heterocycles. The predicted molar refractivity (Wildman–Crippen MR) is 100 cm³/mol. The van der Waals surface area contributed by atoms with Gasteiger partial charge in [0.2, 0.25) is 17.5 Å². The first-order chi connectivity index (χ1) is 14.4. The Hall–Kier alpha value is -3.53. The highest BCUT2D eigenvalue weighted by Crippen LogP contribution is 2.27. The summed E-state index contributed by atoms with van der Waals surface area (Å²) in [5.41, 5.74) is 0.479. The summed E-state index contributed by atoms with van der Waals surface area (Å²) in [5, 5.41) is 2.87. The number of benzene rings is 1. The van der Waals surface area contributed by atoms with Crippen molar-refractivity contribution in [1.29, 1.82) is 0 Å². The summed E-state index contributed by atoms with van der Waals surface area (Å²) in [6, 6.07) is 6.20. The van der Waals surface area contributed by atoms with E-state index in [2.05, 4.69) is 20.0 Å². The fourth-order valence-electron chi connectivity index (χ4n) is 3.04. The fraction of sp³-hybridized carbons (Fsp3) is 0.250. The topological polar surface area (TPSA) is 101 Å². The minimum absolute atomic E-state index is 0.0626. The molecule has 0 aliphatic heterocycles. The molecular formula is C20H18F2N4O4. The van der Waals surface area contributed by atoms with Gasteiger partial charge in [-0.15, -0.1) is 0 Å². The minimum atomic E-state index is -3.02. The molecule has 0 bridgehead atoms. The second-order valence-electron chi connectivity index (χ2n) is 6.28. The number of carbonyl (C=O) groups is 3. The van der Waals surface area contributed by atoms with Crippen LogP contribution in [-0.2, 0) is 16.1 Å². The van der Waals surface area contributed by atoms with Crippen molar-refractivity contribution in [3.63, 3.8) is 0 Å². The van der Waals surface area contributed by atoms with Crippen molar-refractivity contribution in [3.8, 4) is 0 Å². The summed E-state index contributed by atoms with van der Waals surface area (Å²) in [4.78, 5) is 47.5. The van der Waals surface area contributed by atoms with Gasteiger partial charge in [-0.3, -0.25) is 24.4 Å². The number of rotatable bonds is 8. The van der Waals surface area contributed by atoms with Crippen LogP contribution in [0.3, 0.4) is 0 Å². The number of hydrogen-bond acceptors (Lipinski definition) is 7. The van der Waals surface area contributed by atoms with Crippen LogP contribution in [0.4, 0.5) is 8.78 Å². The SMILES string of the molecule is CC(=O)N(CCOC(F)F)C1=C(NCc2cnccn2)C(=O)c2ccccc2C1=O. The van der Waals surface area contributed by atoms with E-state index in [9.17, 15) is 23.2 Å². The number of alkyl halides is 2. The van der Waals surface area contributed by atoms with Gasteiger partial charge in [-0.25, -0.2) is 0 Å². The normalized spacial score (nSPS) is 13.5. The van der Waals surface area contributed by atoms with Crippen LogP contribution < -0.4 is 5.32 Å². The molecule has 0 unspecified atom stereocenters. The number of nitrogens with zero attached hydrogens (tertiary/aromatic N) is 3. The summed E-state index contributed by atoms with van der Waals surface area (Å²) in [5.74, 6) is -1.66. The lowest BCUT2D eigenvalue weighted by molar-refractivity contribution is -0.139. The summed E-state index contributed by atoms with van der Waals surface area (Å²) in [7, 11) is 0. The van der Waals surface area contributed by atoms with Gasteiger partial charge in [0.15, 0.2) is 0 Å². The van der Waals surface area contributed by atoms with Crippen molar-refractivity contribution in [2.75, 3.05) is 13.2 Å². The third-order valence-corrected chi connectivity index (χ3v) is 4.37. The molecule has 3 rings (SSSR count). The summed E-state index contributed by atoms with van der Waals surface area (Å²) in [6.45, 7) is -2.62. The molecule has 10 heteroatoms. The zero-order valence-electron chi connectivity index (χ0n) is 16.0. The molecule has 156 valence electrons. The Bertz CT molecular complexity index is 995. The Morgan fingerprint density at radius 2 is 1.87 bits per heavy atom. The average Bonchev–Trinajstić information content (AvgIpc) is 2.73. The van der Waals surface area contributed by atoms with Gasteiger partial charge in [0, 0.05) is 37.0 Å². The number of amides is 1. The Labute approximate surface area is 170 Å². The van der Waals surface area contributed by atoms with Crippen LogP contribution in [0, 0.1) is 0 Å². The maximum absolute atomic E-state index is 13.2. The van der Waals surface area contributed by atoms with Crippen molar-refractivity contribution in [2.45, 2.75) is 20.1 Å². The summed E-state index contributed by atoms with van der Waals surface area (Å²) in [6.07, 6.45) is 4.44. The first kappa shape index (κ1) is 21.2. The van der Waals surface area contributed by atoms with E-state index in [4.69, 9.17) is 0 Å². The van der Waals surface area contributed by atoms with Gasteiger partial charge < -0.3 is 15.0 Å². The van der Waals surface area contributed by atoms with Gasteiger partial charge in [-0.2, -0.15) is 8.78 Å². The monoisotopic (exact) mass is 416 g/mol. The van der Waals surface area contributed by atoms with Gasteiger partial charge in [0.25, 0.3) is 0 Å². The lowest BCUT2D eigenvalue weighted by Crippen LogP contribution is -2.42. The number of halogens is 2. The Morgan fingerprint density at radius 3 is 2.47 bits per heavy atom. The molecule has 0 spiro atoms. The molecule has 1 aliphatic carbocycles. The first-order valence-electron chi connectivity index (χ1n) is 8.99. The first-order valence-corrected chi connectivity index (χ1v) is 8.99. The quantitative estimate of drug-likeness (QED) is 0.702. The lowest BCUT2D eigenvalue weighted by atomic mass is 9.89. The van der Waals surface area contributed by atoms with Gasteiger partial charge >= 0.3 is 6.61 Å². The van der Waals surface area contributed by atoms with E-state index in [1.54, 1.807) is 12.1 Å². The summed E-state index contributed by atoms with van der Waals surface area (Å²) >= 11 is 0. The number of nitrogens with one attached hydrogen (secondary N) is 1. The molecule has 0 fully saturated rings. The molecule has 1 amide bonds. The zero-order chi connectivity index (χ0) is 21.7. The standard InChI is InChI=1S/C20H18F2N4O4/c1-12(27)26(8-9-30-20(21)22)17-16(25-11-13-10-23-6-7-24-13)18(28)14-4-2-3-5-15(14)19(17)29/h2-7,10,20,25H,8-9,11H2,1H3. The number of allylic oxidation sites excluding steroid dienone is 2. The number of Topliss-reactive ketones (excluding diaryl/α,β-unsaturated/α-hetero) is 2. The molecule has 0 radical (unpaired) electrons. The largest absolute Gasteiger partial charge is 0.374 e. The number of ketones is 2. The number of carbonyl (C=O) groups excluding carboxylic acids is 3. The van der Waals surface area contributed by atoms with Crippen molar-refractivity contribution in [2.24, 2.45) is 0 Å². The molecule has 30 heavy (non-hydrogen) atoms. The zero-order valence-corrected chi connectivity index (χ0v) is 16.0. The van der Waals surface area contributed by atoms with Crippen molar-refractivity contribution in [3.05, 3.63) is 71.1 Å². The predicted octanol–water partition coefficient (Wildman–Crippen LogP) is 1.94. The van der Waals surface area contributed by atoms with Crippen LogP contribution in [-0.4, -0.2) is 52.1 Å². The highest BCUT2D eigenvalue weighted by molar-refractivity contribution is 6.27.